The van der Waals surface area contributed by atoms with Crippen molar-refractivity contribution in [2.24, 2.45) is 0 Å². The number of rotatable bonds is 4. The largest absolute Gasteiger partial charge is 0.786 e. The van der Waals surface area contributed by atoms with Gasteiger partial charge in [0, 0.05) is 0 Å². The molecule has 0 aliphatic heterocycles. The van der Waals surface area contributed by atoms with Crippen molar-refractivity contribution < 1.29 is 13.9 Å². The molecule has 1 aliphatic rings. The molecule has 0 heterocycles. The molecular formula is C9H18O3P-. The third-order valence-electron chi connectivity index (χ3n) is 2.08. The normalized spacial score (nSPS) is 22.2. The molecule has 1 atom stereocenters. The van der Waals surface area contributed by atoms with E-state index in [9.17, 15) is 4.89 Å². The lowest BCUT2D eigenvalue weighted by atomic mass is 9.98. The monoisotopic (exact) mass is 205 g/mol. The molecule has 0 aromatic carbocycles. The van der Waals surface area contributed by atoms with Gasteiger partial charge in [-0.25, -0.2) is 0 Å². The number of hydrogen-bond donors (Lipinski definition) is 0. The van der Waals surface area contributed by atoms with Gasteiger partial charge in [-0.2, -0.15) is 0 Å². The molecule has 0 N–H and O–H groups in total. The minimum Gasteiger partial charge on any atom is -0.786 e. The van der Waals surface area contributed by atoms with Gasteiger partial charge in [0.1, 0.15) is 0 Å². The van der Waals surface area contributed by atoms with Crippen molar-refractivity contribution in [1.29, 1.82) is 0 Å². The standard InChI is InChI=1S/C9H18O3P/c1-8(2)11-13(10)12-9-6-4-3-5-7-9/h8-9H,3-7H2,1-2H3/q-1. The fourth-order valence-corrected chi connectivity index (χ4v) is 2.34. The van der Waals surface area contributed by atoms with Crippen LogP contribution in [0.2, 0.25) is 0 Å². The Morgan fingerprint density at radius 2 is 1.85 bits per heavy atom. The van der Waals surface area contributed by atoms with Gasteiger partial charge in [0.15, 0.2) is 0 Å². The zero-order chi connectivity index (χ0) is 9.68. The van der Waals surface area contributed by atoms with Gasteiger partial charge in [0.2, 0.25) is 0 Å². The summed E-state index contributed by atoms with van der Waals surface area (Å²) >= 11 is 0. The molecule has 1 saturated carbocycles. The molecular weight excluding hydrogens is 187 g/mol. The van der Waals surface area contributed by atoms with E-state index in [1.165, 1.54) is 19.3 Å². The summed E-state index contributed by atoms with van der Waals surface area (Å²) in [5, 5.41) is 0. The Morgan fingerprint density at radius 1 is 1.23 bits per heavy atom. The molecule has 0 spiro atoms. The second-order valence-corrected chi connectivity index (χ2v) is 4.61. The molecule has 0 amide bonds. The van der Waals surface area contributed by atoms with E-state index >= 15 is 0 Å². The zero-order valence-electron chi connectivity index (χ0n) is 8.36. The molecule has 0 aromatic heterocycles. The summed E-state index contributed by atoms with van der Waals surface area (Å²) in [4.78, 5) is 11.2. The van der Waals surface area contributed by atoms with Crippen LogP contribution in [0.15, 0.2) is 0 Å². The van der Waals surface area contributed by atoms with Crippen LogP contribution in [0.3, 0.4) is 0 Å². The molecule has 13 heavy (non-hydrogen) atoms. The summed E-state index contributed by atoms with van der Waals surface area (Å²) in [5.74, 6) is 0. The summed E-state index contributed by atoms with van der Waals surface area (Å²) in [6.07, 6.45) is 5.86. The average molecular weight is 205 g/mol. The van der Waals surface area contributed by atoms with Gasteiger partial charge in [0.05, 0.1) is 20.8 Å². The molecule has 1 aliphatic carbocycles. The maximum absolute atomic E-state index is 11.2. The van der Waals surface area contributed by atoms with Gasteiger partial charge >= 0.3 is 0 Å². The Labute approximate surface area is 81.4 Å². The predicted octanol–water partition coefficient (Wildman–Crippen LogP) is 2.35. The lowest BCUT2D eigenvalue weighted by Crippen LogP contribution is -2.18. The predicted molar refractivity (Wildman–Crippen MR) is 51.1 cm³/mol. The summed E-state index contributed by atoms with van der Waals surface area (Å²) < 4.78 is 10.3. The van der Waals surface area contributed by atoms with Crippen LogP contribution in [0.1, 0.15) is 46.0 Å². The SMILES string of the molecule is CC(C)OP([O-])OC1CCCCC1. The summed E-state index contributed by atoms with van der Waals surface area (Å²) in [6, 6.07) is 0. The van der Waals surface area contributed by atoms with Crippen molar-refractivity contribution in [2.75, 3.05) is 0 Å². The van der Waals surface area contributed by atoms with Crippen molar-refractivity contribution in [3.8, 4) is 0 Å². The Morgan fingerprint density at radius 3 is 2.38 bits per heavy atom. The highest BCUT2D eigenvalue weighted by molar-refractivity contribution is 7.39. The van der Waals surface area contributed by atoms with E-state index in [-0.39, 0.29) is 12.2 Å². The molecule has 0 radical (unpaired) electrons. The minimum absolute atomic E-state index is 0.0211. The van der Waals surface area contributed by atoms with Crippen molar-refractivity contribution in [2.45, 2.75) is 58.2 Å². The highest BCUT2D eigenvalue weighted by Crippen LogP contribution is 2.35. The van der Waals surface area contributed by atoms with E-state index < -0.39 is 8.60 Å². The van der Waals surface area contributed by atoms with Crippen molar-refractivity contribution in [1.82, 2.24) is 0 Å². The summed E-state index contributed by atoms with van der Waals surface area (Å²) in [6.45, 7) is 3.72. The van der Waals surface area contributed by atoms with Crippen LogP contribution >= 0.6 is 8.60 Å². The van der Waals surface area contributed by atoms with E-state index in [1.807, 2.05) is 13.8 Å². The fourth-order valence-electron chi connectivity index (χ4n) is 1.49. The third-order valence-corrected chi connectivity index (χ3v) is 3.15. The quantitative estimate of drug-likeness (QED) is 0.661. The minimum atomic E-state index is -1.89. The molecule has 78 valence electrons. The van der Waals surface area contributed by atoms with E-state index in [1.54, 1.807) is 0 Å². The Kier molecular flexibility index (Phi) is 5.18. The van der Waals surface area contributed by atoms with Crippen LogP contribution in [0.4, 0.5) is 0 Å². The van der Waals surface area contributed by atoms with Gasteiger partial charge < -0.3 is 13.9 Å². The first kappa shape index (κ1) is 11.4. The van der Waals surface area contributed by atoms with Crippen molar-refractivity contribution in [3.63, 3.8) is 0 Å². The Hall–Kier alpha value is 0.310. The Balaban J connectivity index is 2.14. The average Bonchev–Trinajstić information content (AvgIpc) is 2.04. The topological polar surface area (TPSA) is 41.5 Å². The Bertz CT molecular complexity index is 135. The second-order valence-electron chi connectivity index (χ2n) is 3.74. The molecule has 1 rings (SSSR count). The molecule has 3 nitrogen and oxygen atoms in total. The van der Waals surface area contributed by atoms with Crippen LogP contribution < -0.4 is 4.89 Å². The first-order valence-electron chi connectivity index (χ1n) is 4.99. The first-order valence-corrected chi connectivity index (χ1v) is 6.09. The van der Waals surface area contributed by atoms with Gasteiger partial charge in [0.25, 0.3) is 0 Å². The third kappa shape index (κ3) is 4.92. The highest BCUT2D eigenvalue weighted by atomic mass is 31.2. The fraction of sp³-hybridized carbons (Fsp3) is 1.00. The van der Waals surface area contributed by atoms with Gasteiger partial charge in [-0.3, -0.25) is 0 Å². The van der Waals surface area contributed by atoms with Gasteiger partial charge in [-0.1, -0.05) is 19.3 Å². The summed E-state index contributed by atoms with van der Waals surface area (Å²) in [7, 11) is -1.89. The maximum Gasteiger partial charge on any atom is 0.0836 e. The zero-order valence-corrected chi connectivity index (χ0v) is 9.26. The van der Waals surface area contributed by atoms with E-state index in [0.717, 1.165) is 12.8 Å². The highest BCUT2D eigenvalue weighted by Gasteiger charge is 2.15. The summed E-state index contributed by atoms with van der Waals surface area (Å²) in [5.41, 5.74) is 0. The van der Waals surface area contributed by atoms with Crippen molar-refractivity contribution >= 4 is 8.60 Å². The molecule has 0 saturated heterocycles. The maximum atomic E-state index is 11.2. The van der Waals surface area contributed by atoms with Gasteiger partial charge in [-0.15, -0.1) is 0 Å². The van der Waals surface area contributed by atoms with E-state index in [4.69, 9.17) is 9.05 Å². The first-order chi connectivity index (χ1) is 6.18. The molecule has 0 aromatic rings. The van der Waals surface area contributed by atoms with Gasteiger partial charge in [-0.05, 0) is 26.7 Å². The lowest BCUT2D eigenvalue weighted by molar-refractivity contribution is -0.211. The number of hydrogen-bond acceptors (Lipinski definition) is 3. The van der Waals surface area contributed by atoms with Crippen LogP contribution in [0.5, 0.6) is 0 Å². The molecule has 1 unspecified atom stereocenters. The van der Waals surface area contributed by atoms with Crippen LogP contribution in [0.25, 0.3) is 0 Å². The smallest absolute Gasteiger partial charge is 0.0836 e. The van der Waals surface area contributed by atoms with Crippen LogP contribution in [-0.4, -0.2) is 12.2 Å². The van der Waals surface area contributed by atoms with Crippen LogP contribution in [-0.2, 0) is 9.05 Å². The lowest BCUT2D eigenvalue weighted by Gasteiger charge is -2.31. The van der Waals surface area contributed by atoms with Crippen LogP contribution in [0, 0.1) is 0 Å². The van der Waals surface area contributed by atoms with Crippen molar-refractivity contribution in [3.05, 3.63) is 0 Å². The molecule has 1 fully saturated rings. The second kappa shape index (κ2) is 5.92. The van der Waals surface area contributed by atoms with E-state index in [2.05, 4.69) is 0 Å². The molecule has 0 bridgehead atoms. The van der Waals surface area contributed by atoms with E-state index in [0.29, 0.717) is 0 Å². The molecule has 4 heteroatoms.